The van der Waals surface area contributed by atoms with Gasteiger partial charge in [0.15, 0.2) is 0 Å². The minimum atomic E-state index is 0.139. The fourth-order valence-corrected chi connectivity index (χ4v) is 2.64. The van der Waals surface area contributed by atoms with E-state index >= 15 is 0 Å². The molecule has 2 atom stereocenters. The number of allylic oxidation sites excluding steroid dienone is 1. The summed E-state index contributed by atoms with van der Waals surface area (Å²) >= 11 is 0. The third-order valence-electron chi connectivity index (χ3n) is 3.80. The molecule has 2 unspecified atom stereocenters. The van der Waals surface area contributed by atoms with Crippen LogP contribution in [0, 0.1) is 20.8 Å². The summed E-state index contributed by atoms with van der Waals surface area (Å²) in [4.78, 5) is 0. The standard InChI is InChI=1S/C15H20O2/c1-6-7-12-11(5)17-15-9(3)8(2)14(16)10(4)13(12)15/h6-7,11-12,16H,1-5H3/b7-6+. The predicted molar refractivity (Wildman–Crippen MR) is 70.0 cm³/mol. The van der Waals surface area contributed by atoms with Crippen molar-refractivity contribution in [2.75, 3.05) is 0 Å². The molecule has 0 saturated carbocycles. The van der Waals surface area contributed by atoms with Gasteiger partial charge in [-0.25, -0.2) is 0 Å². The first-order valence-corrected chi connectivity index (χ1v) is 6.11. The van der Waals surface area contributed by atoms with E-state index in [1.54, 1.807) is 0 Å². The van der Waals surface area contributed by atoms with Crippen LogP contribution in [-0.2, 0) is 0 Å². The molecule has 1 heterocycles. The lowest BCUT2D eigenvalue weighted by atomic mass is 9.88. The summed E-state index contributed by atoms with van der Waals surface area (Å²) in [6.45, 7) is 10.0. The monoisotopic (exact) mass is 232 g/mol. The van der Waals surface area contributed by atoms with Crippen molar-refractivity contribution in [2.45, 2.75) is 46.6 Å². The summed E-state index contributed by atoms with van der Waals surface area (Å²) in [6, 6.07) is 0. The average Bonchev–Trinajstić information content (AvgIpc) is 2.62. The summed E-state index contributed by atoms with van der Waals surface area (Å²) < 4.78 is 5.96. The smallest absolute Gasteiger partial charge is 0.127 e. The molecule has 0 spiro atoms. The number of fused-ring (bicyclic) bond motifs is 1. The molecule has 0 saturated heterocycles. The molecule has 0 bridgehead atoms. The second-order valence-corrected chi connectivity index (χ2v) is 4.84. The van der Waals surface area contributed by atoms with E-state index in [2.05, 4.69) is 13.0 Å². The van der Waals surface area contributed by atoms with Crippen LogP contribution in [0.15, 0.2) is 12.2 Å². The highest BCUT2D eigenvalue weighted by Crippen LogP contribution is 2.47. The van der Waals surface area contributed by atoms with Crippen molar-refractivity contribution >= 4 is 0 Å². The molecule has 92 valence electrons. The summed E-state index contributed by atoms with van der Waals surface area (Å²) in [5, 5.41) is 10.1. The van der Waals surface area contributed by atoms with E-state index in [1.807, 2.05) is 33.8 Å². The zero-order valence-electron chi connectivity index (χ0n) is 11.2. The van der Waals surface area contributed by atoms with Crippen molar-refractivity contribution in [1.82, 2.24) is 0 Å². The van der Waals surface area contributed by atoms with Gasteiger partial charge in [0.25, 0.3) is 0 Å². The van der Waals surface area contributed by atoms with Crippen molar-refractivity contribution in [3.63, 3.8) is 0 Å². The molecule has 0 aromatic heterocycles. The van der Waals surface area contributed by atoms with Crippen molar-refractivity contribution in [1.29, 1.82) is 0 Å². The van der Waals surface area contributed by atoms with Crippen molar-refractivity contribution < 1.29 is 9.84 Å². The van der Waals surface area contributed by atoms with Gasteiger partial charge in [0.2, 0.25) is 0 Å². The van der Waals surface area contributed by atoms with Crippen LogP contribution in [0.25, 0.3) is 0 Å². The minimum absolute atomic E-state index is 0.139. The number of aromatic hydroxyl groups is 1. The lowest BCUT2D eigenvalue weighted by Gasteiger charge is -2.14. The highest BCUT2D eigenvalue weighted by molar-refractivity contribution is 5.61. The number of ether oxygens (including phenoxy) is 1. The largest absolute Gasteiger partial charge is 0.507 e. The Kier molecular flexibility index (Phi) is 2.90. The van der Waals surface area contributed by atoms with Crippen molar-refractivity contribution in [2.24, 2.45) is 0 Å². The maximum atomic E-state index is 10.1. The van der Waals surface area contributed by atoms with Gasteiger partial charge in [0.05, 0.1) is 0 Å². The van der Waals surface area contributed by atoms with Crippen LogP contribution in [-0.4, -0.2) is 11.2 Å². The van der Waals surface area contributed by atoms with E-state index in [-0.39, 0.29) is 12.0 Å². The van der Waals surface area contributed by atoms with Crippen molar-refractivity contribution in [3.05, 3.63) is 34.4 Å². The number of hydrogen-bond donors (Lipinski definition) is 1. The number of rotatable bonds is 1. The summed E-state index contributed by atoms with van der Waals surface area (Å²) in [7, 11) is 0. The zero-order chi connectivity index (χ0) is 12.7. The van der Waals surface area contributed by atoms with E-state index < -0.39 is 0 Å². The molecule has 1 aromatic carbocycles. The Morgan fingerprint density at radius 3 is 2.35 bits per heavy atom. The number of hydrogen-bond acceptors (Lipinski definition) is 2. The van der Waals surface area contributed by atoms with Gasteiger partial charge in [0, 0.05) is 11.5 Å². The van der Waals surface area contributed by atoms with Gasteiger partial charge < -0.3 is 9.84 Å². The Morgan fingerprint density at radius 2 is 1.76 bits per heavy atom. The van der Waals surface area contributed by atoms with Crippen LogP contribution in [0.5, 0.6) is 11.5 Å². The Labute approximate surface area is 103 Å². The molecule has 1 N–H and O–H groups in total. The molecule has 1 aliphatic rings. The van der Waals surface area contributed by atoms with E-state index in [9.17, 15) is 5.11 Å². The van der Waals surface area contributed by atoms with Gasteiger partial charge in [-0.3, -0.25) is 0 Å². The Bertz CT molecular complexity index is 486. The molecular weight excluding hydrogens is 212 g/mol. The molecule has 2 heteroatoms. The minimum Gasteiger partial charge on any atom is -0.507 e. The highest BCUT2D eigenvalue weighted by Gasteiger charge is 2.34. The normalized spacial score (nSPS) is 22.9. The number of phenols is 1. The summed E-state index contributed by atoms with van der Waals surface area (Å²) in [6.07, 6.45) is 4.34. The van der Waals surface area contributed by atoms with Gasteiger partial charge in [-0.1, -0.05) is 12.2 Å². The molecule has 0 aliphatic carbocycles. The molecule has 1 aliphatic heterocycles. The Balaban J connectivity index is 2.70. The van der Waals surface area contributed by atoms with Crippen LogP contribution < -0.4 is 4.74 Å². The Hall–Kier alpha value is -1.44. The first-order chi connectivity index (χ1) is 7.99. The molecule has 0 amide bonds. The zero-order valence-corrected chi connectivity index (χ0v) is 11.2. The number of benzene rings is 1. The Morgan fingerprint density at radius 1 is 1.12 bits per heavy atom. The fraction of sp³-hybridized carbons (Fsp3) is 0.467. The third kappa shape index (κ3) is 1.63. The molecule has 1 aromatic rings. The van der Waals surface area contributed by atoms with E-state index in [0.29, 0.717) is 5.75 Å². The molecule has 2 nitrogen and oxygen atoms in total. The van der Waals surface area contributed by atoms with E-state index in [4.69, 9.17) is 4.74 Å². The molecule has 17 heavy (non-hydrogen) atoms. The quantitative estimate of drug-likeness (QED) is 0.747. The van der Waals surface area contributed by atoms with Crippen LogP contribution in [0.4, 0.5) is 0 Å². The molecule has 0 radical (unpaired) electrons. The topological polar surface area (TPSA) is 29.5 Å². The second-order valence-electron chi connectivity index (χ2n) is 4.84. The summed E-state index contributed by atoms with van der Waals surface area (Å²) in [5.41, 5.74) is 4.09. The molecule has 0 fully saturated rings. The van der Waals surface area contributed by atoms with Crippen LogP contribution in [0.2, 0.25) is 0 Å². The highest BCUT2D eigenvalue weighted by atomic mass is 16.5. The van der Waals surface area contributed by atoms with E-state index in [1.165, 1.54) is 0 Å². The van der Waals surface area contributed by atoms with Gasteiger partial charge in [-0.2, -0.15) is 0 Å². The fourth-order valence-electron chi connectivity index (χ4n) is 2.64. The van der Waals surface area contributed by atoms with Gasteiger partial charge in [0.1, 0.15) is 17.6 Å². The van der Waals surface area contributed by atoms with Gasteiger partial charge >= 0.3 is 0 Å². The van der Waals surface area contributed by atoms with Gasteiger partial charge in [-0.15, -0.1) is 0 Å². The van der Waals surface area contributed by atoms with Crippen LogP contribution in [0.3, 0.4) is 0 Å². The van der Waals surface area contributed by atoms with E-state index in [0.717, 1.165) is 28.0 Å². The first kappa shape index (κ1) is 12.0. The molecular formula is C15H20O2. The van der Waals surface area contributed by atoms with Crippen LogP contribution in [0.1, 0.15) is 42.0 Å². The average molecular weight is 232 g/mol. The van der Waals surface area contributed by atoms with Crippen molar-refractivity contribution in [3.8, 4) is 11.5 Å². The van der Waals surface area contributed by atoms with Crippen LogP contribution >= 0.6 is 0 Å². The third-order valence-corrected chi connectivity index (χ3v) is 3.80. The first-order valence-electron chi connectivity index (χ1n) is 6.11. The maximum Gasteiger partial charge on any atom is 0.127 e. The second kappa shape index (κ2) is 4.10. The lowest BCUT2D eigenvalue weighted by Crippen LogP contribution is -2.12. The van der Waals surface area contributed by atoms with Gasteiger partial charge in [-0.05, 0) is 51.3 Å². The predicted octanol–water partition coefficient (Wildman–Crippen LogP) is 3.76. The lowest BCUT2D eigenvalue weighted by molar-refractivity contribution is 0.239. The SMILES string of the molecule is C/C=C/C1c2c(C)c(O)c(C)c(C)c2OC1C. The maximum absolute atomic E-state index is 10.1. The number of phenolic OH excluding ortho intramolecular Hbond substituents is 1. The molecule has 2 rings (SSSR count). The summed E-state index contributed by atoms with van der Waals surface area (Å²) in [5.74, 6) is 1.63.